The Bertz CT molecular complexity index is 774. The average molecular weight is 390 g/mol. The minimum atomic E-state index is -0.470. The van der Waals surface area contributed by atoms with Crippen LogP contribution in [0.2, 0.25) is 15.1 Å². The second-order valence-corrected chi connectivity index (χ2v) is 6.23. The molecule has 1 amide bonds. The number of carbonyl (C=O) groups excluding carboxylic acids is 1. The topological polar surface area (TPSA) is 41.1 Å². The van der Waals surface area contributed by atoms with Crippen LogP contribution in [0.25, 0.3) is 0 Å². The van der Waals surface area contributed by atoms with E-state index in [0.717, 1.165) is 0 Å². The molecule has 2 rings (SSSR count). The maximum Gasteiger partial charge on any atom is 0.268 e. The quantitative estimate of drug-likeness (QED) is 0.614. The Balaban J connectivity index is 2.14. The predicted octanol–water partition coefficient (Wildman–Crippen LogP) is 6.17. The Labute approximate surface area is 154 Å². The summed E-state index contributed by atoms with van der Waals surface area (Å²) in [7, 11) is 0. The van der Waals surface area contributed by atoms with Gasteiger partial charge in [0.1, 0.15) is 5.03 Å². The number of nitrogens with one attached hydrogen (secondary N) is 2. The maximum atomic E-state index is 12.2. The van der Waals surface area contributed by atoms with E-state index >= 15 is 0 Å². The third-order valence-electron chi connectivity index (χ3n) is 2.90. The SMILES string of the molecule is CC(Nc1ccccc1Cl)=C(Cl)C(=O)Nc1ccc(Cl)c(Cl)c1. The molecule has 0 saturated heterocycles. The summed E-state index contributed by atoms with van der Waals surface area (Å²) in [5, 5.41) is 6.94. The first kappa shape index (κ1) is 18.0. The van der Waals surface area contributed by atoms with Crippen molar-refractivity contribution in [3.63, 3.8) is 0 Å². The summed E-state index contributed by atoms with van der Waals surface area (Å²) in [5.41, 5.74) is 1.62. The van der Waals surface area contributed by atoms with E-state index in [-0.39, 0.29) is 5.03 Å². The minimum Gasteiger partial charge on any atom is -0.357 e. The molecule has 2 aromatic rings. The lowest BCUT2D eigenvalue weighted by molar-refractivity contribution is -0.112. The molecule has 23 heavy (non-hydrogen) atoms. The van der Waals surface area contributed by atoms with Crippen molar-refractivity contribution < 1.29 is 4.79 Å². The van der Waals surface area contributed by atoms with Crippen molar-refractivity contribution in [2.45, 2.75) is 6.92 Å². The number of hydrogen-bond acceptors (Lipinski definition) is 2. The van der Waals surface area contributed by atoms with Crippen molar-refractivity contribution in [3.8, 4) is 0 Å². The highest BCUT2D eigenvalue weighted by molar-refractivity contribution is 6.45. The first-order chi connectivity index (χ1) is 10.9. The van der Waals surface area contributed by atoms with Crippen LogP contribution in [0.3, 0.4) is 0 Å². The lowest BCUT2D eigenvalue weighted by atomic mass is 10.3. The van der Waals surface area contributed by atoms with E-state index in [1.165, 1.54) is 0 Å². The van der Waals surface area contributed by atoms with Crippen molar-refractivity contribution in [2.24, 2.45) is 0 Å². The molecule has 0 spiro atoms. The summed E-state index contributed by atoms with van der Waals surface area (Å²) < 4.78 is 0. The Hall–Kier alpha value is -1.39. The summed E-state index contributed by atoms with van der Waals surface area (Å²) >= 11 is 23.9. The van der Waals surface area contributed by atoms with Gasteiger partial charge in [-0.3, -0.25) is 4.79 Å². The monoisotopic (exact) mass is 388 g/mol. The van der Waals surface area contributed by atoms with E-state index in [1.807, 2.05) is 12.1 Å². The molecule has 0 aliphatic rings. The molecule has 0 fully saturated rings. The fourth-order valence-corrected chi connectivity index (χ4v) is 2.33. The smallest absolute Gasteiger partial charge is 0.268 e. The predicted molar refractivity (Wildman–Crippen MR) is 98.7 cm³/mol. The van der Waals surface area contributed by atoms with Crippen LogP contribution < -0.4 is 10.6 Å². The normalized spacial score (nSPS) is 11.7. The lowest BCUT2D eigenvalue weighted by Gasteiger charge is -2.11. The lowest BCUT2D eigenvalue weighted by Crippen LogP contribution is -2.14. The Kier molecular flexibility index (Phi) is 6.19. The zero-order valence-corrected chi connectivity index (χ0v) is 15.0. The number of allylic oxidation sites excluding steroid dienone is 1. The molecule has 120 valence electrons. The first-order valence-corrected chi connectivity index (χ1v) is 8.04. The molecule has 3 nitrogen and oxygen atoms in total. The molecule has 0 aromatic heterocycles. The number of benzene rings is 2. The first-order valence-electron chi connectivity index (χ1n) is 6.53. The number of anilines is 2. The van der Waals surface area contributed by atoms with E-state index in [0.29, 0.717) is 32.1 Å². The molecule has 0 unspecified atom stereocenters. The van der Waals surface area contributed by atoms with Crippen LogP contribution in [0.4, 0.5) is 11.4 Å². The van der Waals surface area contributed by atoms with Gasteiger partial charge in [-0.05, 0) is 37.3 Å². The molecule has 2 N–H and O–H groups in total. The van der Waals surface area contributed by atoms with E-state index in [4.69, 9.17) is 46.4 Å². The number of halogens is 4. The molecule has 0 atom stereocenters. The second-order valence-electron chi connectivity index (χ2n) is 4.63. The standard InChI is InChI=1S/C16H12Cl4N2O/c1-9(21-14-5-3-2-4-12(14)18)15(20)16(23)22-10-6-7-11(17)13(19)8-10/h2-8,21H,1H3,(H,22,23). The van der Waals surface area contributed by atoms with Gasteiger partial charge in [0.05, 0.1) is 20.8 Å². The number of carbonyl (C=O) groups is 1. The summed E-state index contributed by atoms with van der Waals surface area (Å²) in [5.74, 6) is -0.470. The molecule has 0 bridgehead atoms. The van der Waals surface area contributed by atoms with Crippen LogP contribution in [0.5, 0.6) is 0 Å². The molecule has 0 heterocycles. The second kappa shape index (κ2) is 7.93. The van der Waals surface area contributed by atoms with Crippen LogP contribution in [0.15, 0.2) is 53.2 Å². The highest BCUT2D eigenvalue weighted by atomic mass is 35.5. The van der Waals surface area contributed by atoms with Gasteiger partial charge in [0.15, 0.2) is 0 Å². The molecular formula is C16H12Cl4N2O. The zero-order valence-electron chi connectivity index (χ0n) is 12.0. The summed E-state index contributed by atoms with van der Waals surface area (Å²) in [6.45, 7) is 1.68. The van der Waals surface area contributed by atoms with Crippen molar-refractivity contribution in [2.75, 3.05) is 10.6 Å². The summed E-state index contributed by atoms with van der Waals surface area (Å²) in [6, 6.07) is 11.9. The fourth-order valence-electron chi connectivity index (χ4n) is 1.75. The Morgan fingerprint density at radius 3 is 2.26 bits per heavy atom. The van der Waals surface area contributed by atoms with E-state index in [1.54, 1.807) is 37.3 Å². The van der Waals surface area contributed by atoms with Crippen LogP contribution >= 0.6 is 46.4 Å². The van der Waals surface area contributed by atoms with Crippen molar-refractivity contribution in [1.29, 1.82) is 0 Å². The number of amides is 1. The average Bonchev–Trinajstić information content (AvgIpc) is 2.52. The van der Waals surface area contributed by atoms with Crippen LogP contribution in [-0.2, 0) is 4.79 Å². The van der Waals surface area contributed by atoms with Crippen molar-refractivity contribution in [3.05, 3.63) is 68.3 Å². The minimum absolute atomic E-state index is 0.0102. The molecular weight excluding hydrogens is 378 g/mol. The van der Waals surface area contributed by atoms with Gasteiger partial charge in [0.2, 0.25) is 0 Å². The van der Waals surface area contributed by atoms with Gasteiger partial charge in [0.25, 0.3) is 5.91 Å². The van der Waals surface area contributed by atoms with Crippen LogP contribution in [-0.4, -0.2) is 5.91 Å². The van der Waals surface area contributed by atoms with Crippen molar-refractivity contribution >= 4 is 63.7 Å². The summed E-state index contributed by atoms with van der Waals surface area (Å²) in [6.07, 6.45) is 0. The van der Waals surface area contributed by atoms with Gasteiger partial charge >= 0.3 is 0 Å². The molecule has 0 saturated carbocycles. The third kappa shape index (κ3) is 4.79. The van der Waals surface area contributed by atoms with E-state index < -0.39 is 5.91 Å². The number of rotatable bonds is 4. The number of hydrogen-bond donors (Lipinski definition) is 2. The van der Waals surface area contributed by atoms with E-state index in [2.05, 4.69) is 10.6 Å². The van der Waals surface area contributed by atoms with Gasteiger partial charge in [-0.25, -0.2) is 0 Å². The van der Waals surface area contributed by atoms with E-state index in [9.17, 15) is 4.79 Å². The highest BCUT2D eigenvalue weighted by Gasteiger charge is 2.12. The molecule has 7 heteroatoms. The molecule has 0 aliphatic heterocycles. The molecule has 0 radical (unpaired) electrons. The molecule has 0 aliphatic carbocycles. The largest absolute Gasteiger partial charge is 0.357 e. The summed E-state index contributed by atoms with van der Waals surface area (Å²) in [4.78, 5) is 12.2. The maximum absolute atomic E-state index is 12.2. The van der Waals surface area contributed by atoms with Crippen LogP contribution in [0.1, 0.15) is 6.92 Å². The zero-order chi connectivity index (χ0) is 17.0. The number of para-hydroxylation sites is 1. The highest BCUT2D eigenvalue weighted by Crippen LogP contribution is 2.26. The third-order valence-corrected chi connectivity index (χ3v) is 4.43. The van der Waals surface area contributed by atoms with Gasteiger partial charge < -0.3 is 10.6 Å². The van der Waals surface area contributed by atoms with Gasteiger partial charge in [-0.1, -0.05) is 58.5 Å². The van der Waals surface area contributed by atoms with Crippen LogP contribution in [0, 0.1) is 0 Å². The van der Waals surface area contributed by atoms with Gasteiger partial charge in [0, 0.05) is 11.4 Å². The fraction of sp³-hybridized carbons (Fsp3) is 0.0625. The Morgan fingerprint density at radius 2 is 1.61 bits per heavy atom. The van der Waals surface area contributed by atoms with Gasteiger partial charge in [-0.15, -0.1) is 0 Å². The molecule has 2 aromatic carbocycles. The Morgan fingerprint density at radius 1 is 0.913 bits per heavy atom. The van der Waals surface area contributed by atoms with Crippen molar-refractivity contribution in [1.82, 2.24) is 0 Å². The van der Waals surface area contributed by atoms with Gasteiger partial charge in [-0.2, -0.15) is 0 Å².